The van der Waals surface area contributed by atoms with Crippen LogP contribution in [0, 0.1) is 0 Å². The molecule has 0 radical (unpaired) electrons. The first-order valence-electron chi connectivity index (χ1n) is 12.3. The van der Waals surface area contributed by atoms with Gasteiger partial charge >= 0.3 is 5.97 Å². The molecule has 8 heteroatoms. The maximum absolute atomic E-state index is 12.9. The highest BCUT2D eigenvalue weighted by Gasteiger charge is 2.30. The van der Waals surface area contributed by atoms with E-state index in [0.29, 0.717) is 22.8 Å². The van der Waals surface area contributed by atoms with Gasteiger partial charge in [0, 0.05) is 34.2 Å². The van der Waals surface area contributed by atoms with Crippen molar-refractivity contribution in [3.05, 3.63) is 58.7 Å². The molecule has 2 aromatic carbocycles. The Morgan fingerprint density at radius 2 is 1.89 bits per heavy atom. The number of ether oxygens (including phenoxy) is 1. The van der Waals surface area contributed by atoms with Crippen molar-refractivity contribution in [2.75, 3.05) is 21.2 Å². The number of aromatic nitrogens is 1. The SMILES string of the molecule is COc1ccc2c(c1)C=C(C(=O)O)Cn1c-2c(C2CCCCC2)c2ccc(C(=O)NSN(C)C)cc21. The highest BCUT2D eigenvalue weighted by atomic mass is 32.2. The van der Waals surface area contributed by atoms with Crippen molar-refractivity contribution in [2.24, 2.45) is 0 Å². The van der Waals surface area contributed by atoms with Crippen molar-refractivity contribution in [1.82, 2.24) is 13.6 Å². The second-order valence-electron chi connectivity index (χ2n) is 9.68. The molecule has 1 aliphatic heterocycles. The third-order valence-electron chi connectivity index (χ3n) is 7.15. The first-order chi connectivity index (χ1) is 17.4. The summed E-state index contributed by atoms with van der Waals surface area (Å²) < 4.78 is 12.2. The minimum Gasteiger partial charge on any atom is -0.497 e. The number of amides is 1. The number of carboxylic acid groups (broad SMARTS) is 1. The average molecular weight is 506 g/mol. The van der Waals surface area contributed by atoms with E-state index >= 15 is 0 Å². The molecule has 0 saturated heterocycles. The van der Waals surface area contributed by atoms with Gasteiger partial charge in [0.25, 0.3) is 5.91 Å². The van der Waals surface area contributed by atoms with Crippen molar-refractivity contribution in [1.29, 1.82) is 0 Å². The van der Waals surface area contributed by atoms with E-state index in [0.717, 1.165) is 40.6 Å². The lowest BCUT2D eigenvalue weighted by Crippen LogP contribution is -2.20. The van der Waals surface area contributed by atoms with Crippen molar-refractivity contribution in [2.45, 2.75) is 44.6 Å². The monoisotopic (exact) mass is 505 g/mol. The summed E-state index contributed by atoms with van der Waals surface area (Å²) in [6, 6.07) is 11.7. The normalized spacial score (nSPS) is 15.7. The number of rotatable bonds is 6. The maximum Gasteiger partial charge on any atom is 0.333 e. The van der Waals surface area contributed by atoms with Crippen LogP contribution in [-0.4, -0.2) is 47.1 Å². The summed E-state index contributed by atoms with van der Waals surface area (Å²) in [6.07, 6.45) is 7.60. The molecule has 0 bridgehead atoms. The number of hydrogen-bond acceptors (Lipinski definition) is 5. The highest BCUT2D eigenvalue weighted by molar-refractivity contribution is 7.95. The Labute approximate surface area is 215 Å². The molecule has 0 atom stereocenters. The van der Waals surface area contributed by atoms with E-state index in [1.54, 1.807) is 13.2 Å². The van der Waals surface area contributed by atoms with Gasteiger partial charge in [0.15, 0.2) is 0 Å². The van der Waals surface area contributed by atoms with Crippen LogP contribution in [0.4, 0.5) is 0 Å². The number of carboxylic acids is 1. The zero-order chi connectivity index (χ0) is 25.4. The van der Waals surface area contributed by atoms with Crippen LogP contribution >= 0.6 is 12.1 Å². The Morgan fingerprint density at radius 1 is 1.11 bits per heavy atom. The van der Waals surface area contributed by atoms with Crippen molar-refractivity contribution < 1.29 is 19.4 Å². The Kier molecular flexibility index (Phi) is 6.81. The first-order valence-corrected chi connectivity index (χ1v) is 13.1. The quantitative estimate of drug-likeness (QED) is 0.418. The van der Waals surface area contributed by atoms with Crippen LogP contribution in [0.1, 0.15) is 59.5 Å². The van der Waals surface area contributed by atoms with E-state index in [1.165, 1.54) is 37.0 Å². The van der Waals surface area contributed by atoms with Crippen molar-refractivity contribution >= 4 is 41.0 Å². The molecule has 1 aliphatic carbocycles. The third-order valence-corrected chi connectivity index (χ3v) is 7.79. The fraction of sp³-hybridized carbons (Fsp3) is 0.357. The standard InChI is InChI=1S/C28H31N3O4S/c1-30(2)36-29-27(32)18-9-11-23-24(15-18)31-16-20(28(33)34)13-19-14-21(35-3)10-12-22(19)26(31)25(23)17-7-5-4-6-8-17/h9-15,17H,4-8,16H2,1-3H3,(H,29,32)(H,33,34). The van der Waals surface area contributed by atoms with Crippen LogP contribution in [0.2, 0.25) is 0 Å². The van der Waals surface area contributed by atoms with Crippen LogP contribution in [0.5, 0.6) is 5.75 Å². The topological polar surface area (TPSA) is 83.8 Å². The largest absolute Gasteiger partial charge is 0.497 e. The number of aliphatic carboxylic acids is 1. The first kappa shape index (κ1) is 24.5. The van der Waals surface area contributed by atoms with Gasteiger partial charge in [-0.3, -0.25) is 9.52 Å². The van der Waals surface area contributed by atoms with Crippen molar-refractivity contribution in [3.63, 3.8) is 0 Å². The minimum atomic E-state index is -0.950. The molecule has 1 fully saturated rings. The van der Waals surface area contributed by atoms with Gasteiger partial charge in [0.2, 0.25) is 0 Å². The van der Waals surface area contributed by atoms with Crippen LogP contribution < -0.4 is 9.46 Å². The zero-order valence-electron chi connectivity index (χ0n) is 20.8. The molecule has 1 saturated carbocycles. The van der Waals surface area contributed by atoms with Crippen LogP contribution in [-0.2, 0) is 11.3 Å². The molecule has 36 heavy (non-hydrogen) atoms. The van der Waals surface area contributed by atoms with Gasteiger partial charge in [-0.15, -0.1) is 0 Å². The number of methoxy groups -OCH3 is 1. The average Bonchev–Trinajstić information content (AvgIpc) is 3.09. The molecule has 2 aliphatic rings. The van der Waals surface area contributed by atoms with Gasteiger partial charge in [-0.05, 0) is 80.4 Å². The molecule has 2 heterocycles. The Balaban J connectivity index is 1.76. The Hall–Kier alpha value is -3.23. The molecule has 0 unspecified atom stereocenters. The summed E-state index contributed by atoms with van der Waals surface area (Å²) in [4.78, 5) is 25.2. The van der Waals surface area contributed by atoms with Crippen LogP contribution in [0.3, 0.4) is 0 Å². The molecule has 5 rings (SSSR count). The van der Waals surface area contributed by atoms with Crippen LogP contribution in [0.25, 0.3) is 28.2 Å². The maximum atomic E-state index is 12.9. The lowest BCUT2D eigenvalue weighted by molar-refractivity contribution is -0.132. The number of fused-ring (bicyclic) bond motifs is 5. The summed E-state index contributed by atoms with van der Waals surface area (Å²) in [6.45, 7) is 0.225. The summed E-state index contributed by atoms with van der Waals surface area (Å²) >= 11 is 1.23. The van der Waals surface area contributed by atoms with Crippen LogP contribution in [0.15, 0.2) is 42.0 Å². The molecule has 3 aromatic rings. The summed E-state index contributed by atoms with van der Waals surface area (Å²) in [7, 11) is 5.35. The van der Waals surface area contributed by atoms with Crippen molar-refractivity contribution in [3.8, 4) is 17.0 Å². The predicted molar refractivity (Wildman–Crippen MR) is 144 cm³/mol. The van der Waals surface area contributed by atoms with E-state index in [-0.39, 0.29) is 12.5 Å². The van der Waals surface area contributed by atoms with E-state index in [4.69, 9.17) is 4.74 Å². The number of benzene rings is 2. The molecule has 7 nitrogen and oxygen atoms in total. The fourth-order valence-corrected chi connectivity index (χ4v) is 5.89. The number of carbonyl (C=O) groups is 2. The lowest BCUT2D eigenvalue weighted by Gasteiger charge is -2.24. The number of carbonyl (C=O) groups excluding carboxylic acids is 1. The Bertz CT molecular complexity index is 1370. The molecule has 0 spiro atoms. The molecular formula is C28H31N3O4S. The number of nitrogens with one attached hydrogen (secondary N) is 1. The second kappa shape index (κ2) is 10.0. The molecule has 2 N–H and O–H groups in total. The molecule has 1 aromatic heterocycles. The third kappa shape index (κ3) is 4.51. The Morgan fingerprint density at radius 3 is 2.58 bits per heavy atom. The van der Waals surface area contributed by atoms with Gasteiger partial charge in [-0.25, -0.2) is 9.10 Å². The second-order valence-corrected chi connectivity index (χ2v) is 10.8. The summed E-state index contributed by atoms with van der Waals surface area (Å²) in [5.41, 5.74) is 5.90. The summed E-state index contributed by atoms with van der Waals surface area (Å²) in [5.74, 6) is -0.0502. The van der Waals surface area contributed by atoms with Gasteiger partial charge < -0.3 is 14.4 Å². The minimum absolute atomic E-state index is 0.182. The van der Waals surface area contributed by atoms with E-state index in [1.807, 2.05) is 54.8 Å². The van der Waals surface area contributed by atoms with E-state index in [2.05, 4.69) is 9.29 Å². The van der Waals surface area contributed by atoms with Gasteiger partial charge in [0.05, 0.1) is 24.9 Å². The molecule has 1 amide bonds. The molecule has 188 valence electrons. The van der Waals surface area contributed by atoms with E-state index < -0.39 is 5.97 Å². The summed E-state index contributed by atoms with van der Waals surface area (Å²) in [5, 5.41) is 11.1. The fourth-order valence-electron chi connectivity index (χ4n) is 5.50. The number of hydrogen-bond donors (Lipinski definition) is 2. The lowest BCUT2D eigenvalue weighted by atomic mass is 9.81. The smallest absolute Gasteiger partial charge is 0.333 e. The number of nitrogens with zero attached hydrogens (tertiary/aromatic N) is 2. The van der Waals surface area contributed by atoms with Gasteiger partial charge in [-0.2, -0.15) is 0 Å². The molecular weight excluding hydrogens is 474 g/mol. The van der Waals surface area contributed by atoms with Gasteiger partial charge in [0.1, 0.15) is 5.75 Å². The highest BCUT2D eigenvalue weighted by Crippen LogP contribution is 2.47. The zero-order valence-corrected chi connectivity index (χ0v) is 21.7. The predicted octanol–water partition coefficient (Wildman–Crippen LogP) is 5.70. The van der Waals surface area contributed by atoms with E-state index in [9.17, 15) is 14.7 Å². The van der Waals surface area contributed by atoms with Gasteiger partial charge in [-0.1, -0.05) is 25.3 Å².